The number of amides is 1. The molecular weight excluding hydrogens is 311 g/mol. The van der Waals surface area contributed by atoms with Crippen LogP contribution in [0.25, 0.3) is 0 Å². The van der Waals surface area contributed by atoms with E-state index in [1.165, 1.54) is 12.1 Å². The van der Waals surface area contributed by atoms with Gasteiger partial charge in [0.05, 0.1) is 5.56 Å². The summed E-state index contributed by atoms with van der Waals surface area (Å²) in [6, 6.07) is 7.54. The van der Waals surface area contributed by atoms with Crippen molar-refractivity contribution in [3.05, 3.63) is 53.5 Å². The summed E-state index contributed by atoms with van der Waals surface area (Å²) in [4.78, 5) is 27.0. The lowest BCUT2D eigenvalue weighted by molar-refractivity contribution is 0.0786. The summed E-state index contributed by atoms with van der Waals surface area (Å²) in [5.41, 5.74) is 0.217. The lowest BCUT2D eigenvalue weighted by Gasteiger charge is -2.25. The highest BCUT2D eigenvalue weighted by Crippen LogP contribution is 2.22. The molecule has 1 unspecified atom stereocenters. The van der Waals surface area contributed by atoms with E-state index in [9.17, 15) is 14.0 Å². The fraction of sp³-hybridized carbons (Fsp3) is 0.294. The molecule has 0 bridgehead atoms. The molecule has 0 N–H and O–H groups in total. The van der Waals surface area contributed by atoms with Crippen LogP contribution in [0.1, 0.15) is 27.1 Å². The third kappa shape index (κ3) is 3.10. The first kappa shape index (κ1) is 16.0. The molecule has 3 rings (SSSR count). The third-order valence-electron chi connectivity index (χ3n) is 4.27. The van der Waals surface area contributed by atoms with Crippen LogP contribution in [0.5, 0.6) is 0 Å². The lowest BCUT2D eigenvalue weighted by Crippen LogP contribution is -2.37. The molecule has 1 aromatic carbocycles. The van der Waals surface area contributed by atoms with Crippen molar-refractivity contribution >= 4 is 18.0 Å². The maximum Gasteiger partial charge on any atom is 0.256 e. The van der Waals surface area contributed by atoms with E-state index in [-0.39, 0.29) is 17.2 Å². The van der Waals surface area contributed by atoms with Crippen LogP contribution in [0.4, 0.5) is 10.2 Å². The molecule has 0 aliphatic carbocycles. The molecule has 1 fully saturated rings. The number of carbonyl (C=O) groups excluding carboxylic acids is 2. The van der Waals surface area contributed by atoms with Crippen molar-refractivity contribution in [3.8, 4) is 0 Å². The molecule has 24 heavy (non-hydrogen) atoms. The second-order valence-electron chi connectivity index (χ2n) is 5.74. The van der Waals surface area contributed by atoms with Crippen LogP contribution >= 0.6 is 0 Å². The van der Waals surface area contributed by atoms with Crippen LogP contribution < -0.4 is 4.90 Å². The number of halogens is 1. The van der Waals surface area contributed by atoms with Gasteiger partial charge in [-0.2, -0.15) is 5.10 Å². The Morgan fingerprint density at radius 1 is 1.42 bits per heavy atom. The molecule has 1 aliphatic heterocycles. The van der Waals surface area contributed by atoms with Crippen molar-refractivity contribution in [1.82, 2.24) is 15.1 Å². The quantitative estimate of drug-likeness (QED) is 0.801. The molecule has 2 aromatic rings. The Bertz CT molecular complexity index is 754. The summed E-state index contributed by atoms with van der Waals surface area (Å²) >= 11 is 0. The average Bonchev–Trinajstić information content (AvgIpc) is 3.12. The van der Waals surface area contributed by atoms with E-state index >= 15 is 0 Å². The largest absolute Gasteiger partial charge is 0.353 e. The van der Waals surface area contributed by atoms with Gasteiger partial charge in [-0.3, -0.25) is 9.59 Å². The Morgan fingerprint density at radius 2 is 2.25 bits per heavy atom. The molecule has 1 aromatic heterocycles. The van der Waals surface area contributed by atoms with E-state index in [1.54, 1.807) is 17.2 Å². The summed E-state index contributed by atoms with van der Waals surface area (Å²) in [5.74, 6) is -0.284. The molecule has 7 heteroatoms. The van der Waals surface area contributed by atoms with E-state index in [1.807, 2.05) is 18.0 Å². The summed E-state index contributed by atoms with van der Waals surface area (Å²) in [6.07, 6.45) is 2.96. The van der Waals surface area contributed by atoms with Crippen LogP contribution in [-0.2, 0) is 0 Å². The molecule has 6 nitrogen and oxygen atoms in total. The number of nitrogens with zero attached hydrogens (tertiary/aromatic N) is 4. The molecule has 1 amide bonds. The molecule has 1 atom stereocenters. The number of aldehydes is 1. The number of likely N-dealkylation sites (tertiary alicyclic amines) is 1. The molecule has 0 radical (unpaired) electrons. The molecule has 0 saturated carbocycles. The van der Waals surface area contributed by atoms with E-state index in [0.717, 1.165) is 18.3 Å². The van der Waals surface area contributed by atoms with Crippen LogP contribution in [0.15, 0.2) is 36.5 Å². The minimum Gasteiger partial charge on any atom is -0.353 e. The van der Waals surface area contributed by atoms with Crippen molar-refractivity contribution in [2.75, 3.05) is 25.0 Å². The van der Waals surface area contributed by atoms with Gasteiger partial charge in [-0.15, -0.1) is 5.10 Å². The predicted molar refractivity (Wildman–Crippen MR) is 86.5 cm³/mol. The lowest BCUT2D eigenvalue weighted by atomic mass is 10.1. The normalized spacial score (nSPS) is 16.9. The fourth-order valence-electron chi connectivity index (χ4n) is 2.86. The number of carbonyl (C=O) groups is 2. The van der Waals surface area contributed by atoms with Gasteiger partial charge in [-0.05, 0) is 36.8 Å². The van der Waals surface area contributed by atoms with Gasteiger partial charge in [0.15, 0.2) is 5.82 Å². The summed E-state index contributed by atoms with van der Waals surface area (Å²) in [6.45, 7) is 0.996. The van der Waals surface area contributed by atoms with Crippen molar-refractivity contribution < 1.29 is 14.0 Å². The zero-order chi connectivity index (χ0) is 17.1. The Morgan fingerprint density at radius 3 is 2.96 bits per heavy atom. The van der Waals surface area contributed by atoms with Crippen molar-refractivity contribution in [3.63, 3.8) is 0 Å². The molecule has 124 valence electrons. The molecule has 0 spiro atoms. The standard InChI is InChI=1S/C17H17FN4O2/c1-21(16-3-2-7-19-20-16)13-6-8-22(10-13)17(24)14-9-12(11-23)4-5-15(14)18/h2-5,7,9,11,13H,6,8,10H2,1H3. The van der Waals surface area contributed by atoms with E-state index in [4.69, 9.17) is 0 Å². The van der Waals surface area contributed by atoms with Crippen LogP contribution in [0, 0.1) is 5.82 Å². The number of anilines is 1. The van der Waals surface area contributed by atoms with Crippen LogP contribution in [0.3, 0.4) is 0 Å². The summed E-state index contributed by atoms with van der Waals surface area (Å²) < 4.78 is 13.9. The molecule has 2 heterocycles. The van der Waals surface area contributed by atoms with Gasteiger partial charge in [0.25, 0.3) is 5.91 Å². The maximum absolute atomic E-state index is 13.9. The third-order valence-corrected chi connectivity index (χ3v) is 4.27. The topological polar surface area (TPSA) is 66.4 Å². The Balaban J connectivity index is 1.74. The number of aromatic nitrogens is 2. The zero-order valence-corrected chi connectivity index (χ0v) is 13.2. The maximum atomic E-state index is 13.9. The van der Waals surface area contributed by atoms with Gasteiger partial charge in [0, 0.05) is 37.9 Å². The molecule has 1 saturated heterocycles. The van der Waals surface area contributed by atoms with E-state index in [2.05, 4.69) is 10.2 Å². The van der Waals surface area contributed by atoms with E-state index in [0.29, 0.717) is 19.4 Å². The number of likely N-dealkylation sites (N-methyl/N-ethyl adjacent to an activating group) is 1. The minimum atomic E-state index is -0.615. The van der Waals surface area contributed by atoms with Crippen LogP contribution in [-0.4, -0.2) is 53.5 Å². The SMILES string of the molecule is CN(c1cccnn1)C1CCN(C(=O)c2cc(C=O)ccc2F)C1. The Kier molecular flexibility index (Phi) is 4.50. The zero-order valence-electron chi connectivity index (χ0n) is 13.2. The number of hydrogen-bond acceptors (Lipinski definition) is 5. The minimum absolute atomic E-state index is 0.0672. The van der Waals surface area contributed by atoms with Crippen molar-refractivity contribution in [2.24, 2.45) is 0 Å². The summed E-state index contributed by atoms with van der Waals surface area (Å²) in [7, 11) is 1.90. The van der Waals surface area contributed by atoms with Gasteiger partial charge in [-0.25, -0.2) is 4.39 Å². The second-order valence-corrected chi connectivity index (χ2v) is 5.74. The Hall–Kier alpha value is -2.83. The first-order valence-electron chi connectivity index (χ1n) is 7.64. The first-order chi connectivity index (χ1) is 11.6. The van der Waals surface area contributed by atoms with Crippen LogP contribution in [0.2, 0.25) is 0 Å². The first-order valence-corrected chi connectivity index (χ1v) is 7.64. The van der Waals surface area contributed by atoms with Crippen molar-refractivity contribution in [1.29, 1.82) is 0 Å². The number of hydrogen-bond donors (Lipinski definition) is 0. The monoisotopic (exact) mass is 328 g/mol. The highest BCUT2D eigenvalue weighted by atomic mass is 19.1. The molecule has 1 aliphatic rings. The molecular formula is C17H17FN4O2. The highest BCUT2D eigenvalue weighted by Gasteiger charge is 2.31. The fourth-order valence-corrected chi connectivity index (χ4v) is 2.86. The van der Waals surface area contributed by atoms with Gasteiger partial charge < -0.3 is 9.80 Å². The smallest absolute Gasteiger partial charge is 0.256 e. The van der Waals surface area contributed by atoms with Gasteiger partial charge in [0.2, 0.25) is 0 Å². The number of benzene rings is 1. The average molecular weight is 328 g/mol. The van der Waals surface area contributed by atoms with Gasteiger partial charge in [0.1, 0.15) is 12.1 Å². The number of rotatable bonds is 4. The second kappa shape index (κ2) is 6.74. The highest BCUT2D eigenvalue weighted by molar-refractivity contribution is 5.96. The predicted octanol–water partition coefficient (Wildman–Crippen LogP) is 1.78. The van der Waals surface area contributed by atoms with Crippen molar-refractivity contribution in [2.45, 2.75) is 12.5 Å². The van der Waals surface area contributed by atoms with E-state index < -0.39 is 11.7 Å². The van der Waals surface area contributed by atoms with Gasteiger partial charge in [-0.1, -0.05) is 0 Å². The Labute approximate surface area is 138 Å². The van der Waals surface area contributed by atoms with Gasteiger partial charge >= 0.3 is 0 Å². The summed E-state index contributed by atoms with van der Waals surface area (Å²) in [5, 5.41) is 7.92.